The molecule has 1 aromatic heterocycles. The van der Waals surface area contributed by atoms with Gasteiger partial charge in [0.1, 0.15) is 17.3 Å². The Morgan fingerprint density at radius 2 is 1.88 bits per heavy atom. The summed E-state index contributed by atoms with van der Waals surface area (Å²) in [6.07, 6.45) is 1.07. The largest absolute Gasteiger partial charge is 0.497 e. The van der Waals surface area contributed by atoms with Gasteiger partial charge < -0.3 is 9.47 Å². The Bertz CT molecular complexity index is 949. The molecular weight excluding hydrogens is 334 g/mol. The lowest BCUT2D eigenvalue weighted by Gasteiger charge is -2.13. The zero-order valence-electron chi connectivity index (χ0n) is 14.1. The maximum Gasteiger partial charge on any atom is 0.200 e. The maximum absolute atomic E-state index is 5.53. The van der Waals surface area contributed by atoms with Crippen LogP contribution < -0.4 is 9.47 Å². The van der Waals surface area contributed by atoms with E-state index >= 15 is 0 Å². The Morgan fingerprint density at radius 1 is 1.08 bits per heavy atom. The molecule has 2 unspecified atom stereocenters. The fraction of sp³-hybridized carbons (Fsp3) is 0.263. The molecule has 0 bridgehead atoms. The first kappa shape index (κ1) is 15.9. The molecule has 2 aromatic carbocycles. The van der Waals surface area contributed by atoms with Crippen LogP contribution in [0.3, 0.4) is 0 Å². The fourth-order valence-electron chi connectivity index (χ4n) is 3.31. The molecule has 128 valence electrons. The number of aromatic nitrogens is 3. The van der Waals surface area contributed by atoms with Crippen molar-refractivity contribution in [2.24, 2.45) is 0 Å². The summed E-state index contributed by atoms with van der Waals surface area (Å²) in [5.74, 6) is 3.23. The van der Waals surface area contributed by atoms with E-state index in [4.69, 9.17) is 21.7 Å². The first-order valence-corrected chi connectivity index (χ1v) is 8.58. The van der Waals surface area contributed by atoms with E-state index in [0.29, 0.717) is 16.6 Å². The van der Waals surface area contributed by atoms with Gasteiger partial charge in [-0.15, -0.1) is 0 Å². The number of hydrogen-bond acceptors (Lipinski definition) is 4. The van der Waals surface area contributed by atoms with E-state index in [1.807, 2.05) is 28.8 Å². The van der Waals surface area contributed by atoms with E-state index in [-0.39, 0.29) is 0 Å². The smallest absolute Gasteiger partial charge is 0.200 e. The molecular formula is C19H19N3O2S. The minimum absolute atomic E-state index is 0.339. The van der Waals surface area contributed by atoms with Crippen LogP contribution in [-0.4, -0.2) is 29.0 Å². The average Bonchev–Trinajstić information content (AvgIpc) is 3.37. The van der Waals surface area contributed by atoms with Gasteiger partial charge >= 0.3 is 0 Å². The molecule has 5 nitrogen and oxygen atoms in total. The van der Waals surface area contributed by atoms with E-state index in [1.165, 1.54) is 5.56 Å². The molecule has 1 saturated carbocycles. The van der Waals surface area contributed by atoms with Crippen LogP contribution in [0, 0.1) is 4.77 Å². The van der Waals surface area contributed by atoms with Crippen LogP contribution in [0.1, 0.15) is 29.6 Å². The number of aromatic amines is 1. The molecule has 0 aliphatic heterocycles. The Hall–Kier alpha value is -2.60. The minimum Gasteiger partial charge on any atom is -0.497 e. The normalized spacial score (nSPS) is 18.8. The van der Waals surface area contributed by atoms with Gasteiger partial charge in [-0.3, -0.25) is 9.67 Å². The predicted molar refractivity (Wildman–Crippen MR) is 98.4 cm³/mol. The molecule has 3 aromatic rings. The van der Waals surface area contributed by atoms with Crippen molar-refractivity contribution in [2.75, 3.05) is 14.2 Å². The summed E-state index contributed by atoms with van der Waals surface area (Å²) in [6, 6.07) is 16.2. The van der Waals surface area contributed by atoms with Crippen molar-refractivity contribution in [1.29, 1.82) is 0 Å². The molecule has 2 atom stereocenters. The number of rotatable bonds is 5. The van der Waals surface area contributed by atoms with Crippen LogP contribution in [0.5, 0.6) is 11.5 Å². The Balaban J connectivity index is 1.76. The number of benzene rings is 2. The first-order valence-electron chi connectivity index (χ1n) is 8.17. The van der Waals surface area contributed by atoms with E-state index in [9.17, 15) is 0 Å². The van der Waals surface area contributed by atoms with Crippen LogP contribution in [0.2, 0.25) is 0 Å². The van der Waals surface area contributed by atoms with E-state index in [1.54, 1.807) is 14.2 Å². The third-order valence-electron chi connectivity index (χ3n) is 4.68. The number of methoxy groups -OCH3 is 2. The van der Waals surface area contributed by atoms with Gasteiger partial charge in [-0.05, 0) is 42.3 Å². The molecule has 1 heterocycles. The zero-order chi connectivity index (χ0) is 17.4. The minimum atomic E-state index is 0.339. The summed E-state index contributed by atoms with van der Waals surface area (Å²) < 4.78 is 13.4. The van der Waals surface area contributed by atoms with E-state index in [0.717, 1.165) is 29.4 Å². The quantitative estimate of drug-likeness (QED) is 0.698. The Kier molecular flexibility index (Phi) is 4.05. The molecule has 1 fully saturated rings. The molecule has 0 radical (unpaired) electrons. The van der Waals surface area contributed by atoms with Gasteiger partial charge in [0.2, 0.25) is 0 Å². The van der Waals surface area contributed by atoms with E-state index in [2.05, 4.69) is 34.5 Å². The highest BCUT2D eigenvalue weighted by Gasteiger charge is 2.43. The molecule has 0 amide bonds. The van der Waals surface area contributed by atoms with Crippen LogP contribution in [0.4, 0.5) is 0 Å². The third kappa shape index (κ3) is 2.82. The van der Waals surface area contributed by atoms with E-state index < -0.39 is 0 Å². The van der Waals surface area contributed by atoms with Crippen molar-refractivity contribution in [3.8, 4) is 17.2 Å². The van der Waals surface area contributed by atoms with Crippen molar-refractivity contribution in [2.45, 2.75) is 18.3 Å². The zero-order valence-corrected chi connectivity index (χ0v) is 14.9. The number of nitrogens with zero attached hydrogens (tertiary/aromatic N) is 2. The van der Waals surface area contributed by atoms with Crippen molar-refractivity contribution >= 4 is 12.2 Å². The topological polar surface area (TPSA) is 52.1 Å². The van der Waals surface area contributed by atoms with Gasteiger partial charge in [0.25, 0.3) is 0 Å². The lowest BCUT2D eigenvalue weighted by atomic mass is 10.1. The second-order valence-electron chi connectivity index (χ2n) is 6.12. The molecule has 1 aliphatic rings. The predicted octanol–water partition coefficient (Wildman–Crippen LogP) is 4.22. The summed E-state index contributed by atoms with van der Waals surface area (Å²) in [5.41, 5.74) is 2.18. The first-order chi connectivity index (χ1) is 12.2. The Morgan fingerprint density at radius 3 is 2.60 bits per heavy atom. The summed E-state index contributed by atoms with van der Waals surface area (Å²) in [4.78, 5) is 0. The molecule has 1 N–H and O–H groups in total. The van der Waals surface area contributed by atoms with Crippen LogP contribution in [-0.2, 0) is 0 Å². The highest BCUT2D eigenvalue weighted by Crippen LogP contribution is 2.54. The molecule has 4 rings (SSSR count). The molecule has 6 heteroatoms. The summed E-state index contributed by atoms with van der Waals surface area (Å²) >= 11 is 5.49. The van der Waals surface area contributed by atoms with Crippen molar-refractivity contribution in [3.05, 3.63) is 64.7 Å². The van der Waals surface area contributed by atoms with Gasteiger partial charge in [-0.25, -0.2) is 0 Å². The monoisotopic (exact) mass is 353 g/mol. The Labute approximate surface area is 151 Å². The summed E-state index contributed by atoms with van der Waals surface area (Å²) in [6.45, 7) is 0. The number of H-pyrrole nitrogens is 1. The van der Waals surface area contributed by atoms with Gasteiger partial charge in [0.05, 0.1) is 19.9 Å². The lowest BCUT2D eigenvalue weighted by molar-refractivity contribution is 0.401. The lowest BCUT2D eigenvalue weighted by Crippen LogP contribution is -2.04. The highest BCUT2D eigenvalue weighted by molar-refractivity contribution is 7.71. The highest BCUT2D eigenvalue weighted by atomic mass is 32.1. The van der Waals surface area contributed by atoms with Gasteiger partial charge in [-0.2, -0.15) is 5.10 Å². The van der Waals surface area contributed by atoms with Crippen LogP contribution >= 0.6 is 12.2 Å². The molecule has 0 spiro atoms. The second-order valence-corrected chi connectivity index (χ2v) is 6.51. The van der Waals surface area contributed by atoms with Crippen LogP contribution in [0.25, 0.3) is 5.69 Å². The third-order valence-corrected chi connectivity index (χ3v) is 4.95. The van der Waals surface area contributed by atoms with Crippen molar-refractivity contribution in [1.82, 2.24) is 14.8 Å². The summed E-state index contributed by atoms with van der Waals surface area (Å²) in [7, 11) is 3.30. The second kappa shape index (κ2) is 6.37. The SMILES string of the molecule is COc1ccc(OC)c(-n2c(C3CC3c3ccccc3)n[nH]c2=S)c1. The van der Waals surface area contributed by atoms with Crippen molar-refractivity contribution in [3.63, 3.8) is 0 Å². The van der Waals surface area contributed by atoms with Gasteiger partial charge in [-0.1, -0.05) is 30.3 Å². The molecule has 25 heavy (non-hydrogen) atoms. The fourth-order valence-corrected chi connectivity index (χ4v) is 3.55. The molecule has 0 saturated heterocycles. The van der Waals surface area contributed by atoms with Gasteiger partial charge in [0.15, 0.2) is 4.77 Å². The number of nitrogens with one attached hydrogen (secondary N) is 1. The van der Waals surface area contributed by atoms with Gasteiger partial charge in [0, 0.05) is 12.0 Å². The summed E-state index contributed by atoms with van der Waals surface area (Å²) in [5, 5.41) is 7.45. The number of hydrogen-bond donors (Lipinski definition) is 1. The number of ether oxygens (including phenoxy) is 2. The van der Waals surface area contributed by atoms with Crippen LogP contribution in [0.15, 0.2) is 48.5 Å². The standard InChI is InChI=1S/C19H19N3O2S/c1-23-13-8-9-17(24-2)16(10-13)22-18(20-21-19(22)25)15-11-14(15)12-6-4-3-5-7-12/h3-10,14-15H,11H2,1-2H3,(H,21,25). The average molecular weight is 353 g/mol. The van der Waals surface area contributed by atoms with Crippen molar-refractivity contribution < 1.29 is 9.47 Å². The maximum atomic E-state index is 5.53. The molecule has 1 aliphatic carbocycles.